The molecule has 1 rings (SSSR count). The molecule has 12 heteroatoms. The van der Waals surface area contributed by atoms with Gasteiger partial charge < -0.3 is 4.90 Å². The average molecular weight is 355 g/mol. The first-order valence-electron chi connectivity index (χ1n) is 5.72. The summed E-state index contributed by atoms with van der Waals surface area (Å²) >= 11 is 0. The molecule has 0 fully saturated rings. The van der Waals surface area contributed by atoms with Crippen molar-refractivity contribution in [3.63, 3.8) is 0 Å². The molecule has 22 heavy (non-hydrogen) atoms. The molecule has 0 atom stereocenters. The number of hydrogen-bond donors (Lipinski definition) is 1. The molecule has 0 aliphatic heterocycles. The van der Waals surface area contributed by atoms with Crippen LogP contribution in [0.4, 0.5) is 11.4 Å². The Bertz CT molecular complexity index is 631. The number of hydrogen-bond acceptors (Lipinski definition) is 7. The molecule has 1 N–H and O–H groups in total. The first-order valence-corrected chi connectivity index (χ1v) is 7.20. The maximum absolute atomic E-state index is 12.0. The fraction of sp³-hybridized carbons (Fsp3) is 0.400. The van der Waals surface area contributed by atoms with E-state index in [9.17, 15) is 28.6 Å². The van der Waals surface area contributed by atoms with E-state index >= 15 is 0 Å². The van der Waals surface area contributed by atoms with Crippen LogP contribution < -0.4 is 4.72 Å². The summed E-state index contributed by atoms with van der Waals surface area (Å²) in [5.74, 6) is 0. The summed E-state index contributed by atoms with van der Waals surface area (Å²) in [7, 11) is -0.568. The van der Waals surface area contributed by atoms with E-state index in [0.717, 1.165) is 12.1 Å². The van der Waals surface area contributed by atoms with Crippen molar-refractivity contribution in [2.45, 2.75) is 4.90 Å². The third kappa shape index (κ3) is 5.52. The first kappa shape index (κ1) is 20.2. The molecule has 10 nitrogen and oxygen atoms in total. The third-order valence-corrected chi connectivity index (χ3v) is 3.90. The van der Waals surface area contributed by atoms with Crippen LogP contribution in [0.25, 0.3) is 0 Å². The minimum absolute atomic E-state index is 0. The zero-order valence-corrected chi connectivity index (χ0v) is 13.4. The molecular weight excluding hydrogens is 340 g/mol. The zero-order chi connectivity index (χ0) is 16.2. The molecule has 1 aromatic rings. The number of sulfonamides is 1. The van der Waals surface area contributed by atoms with Gasteiger partial charge in [-0.2, -0.15) is 0 Å². The lowest BCUT2D eigenvalue weighted by molar-refractivity contribution is -0.394. The van der Waals surface area contributed by atoms with Crippen LogP contribution >= 0.6 is 12.4 Å². The Hall–Kier alpha value is -1.82. The number of nitrogens with zero attached hydrogens (tertiary/aromatic N) is 3. The van der Waals surface area contributed by atoms with Crippen molar-refractivity contribution in [1.29, 1.82) is 0 Å². The molecule has 0 aliphatic carbocycles. The molecule has 1 aromatic carbocycles. The fourth-order valence-electron chi connectivity index (χ4n) is 1.42. The van der Waals surface area contributed by atoms with E-state index in [-0.39, 0.29) is 19.0 Å². The summed E-state index contributed by atoms with van der Waals surface area (Å²) in [6.07, 6.45) is 0. The van der Waals surface area contributed by atoms with Crippen molar-refractivity contribution in [3.05, 3.63) is 38.4 Å². The number of non-ortho nitro benzene ring substituents is 2. The minimum Gasteiger partial charge on any atom is -0.308 e. The first-order chi connectivity index (χ1) is 9.63. The summed E-state index contributed by atoms with van der Waals surface area (Å²) in [6, 6.07) is 2.27. The smallest absolute Gasteiger partial charge is 0.277 e. The SMILES string of the molecule is CN(C)CCNS(=O)(=O)c1cc([N+](=O)[O-])cc([N+](=O)[O-])c1.Cl. The number of benzene rings is 1. The van der Waals surface area contributed by atoms with Gasteiger partial charge in [-0.05, 0) is 14.1 Å². The highest BCUT2D eigenvalue weighted by Crippen LogP contribution is 2.25. The molecular formula is C10H15ClN4O6S. The largest absolute Gasteiger partial charge is 0.308 e. The van der Waals surface area contributed by atoms with Gasteiger partial charge in [-0.25, -0.2) is 13.1 Å². The van der Waals surface area contributed by atoms with E-state index in [4.69, 9.17) is 0 Å². The van der Waals surface area contributed by atoms with Crippen LogP contribution in [0, 0.1) is 20.2 Å². The Morgan fingerprint density at radius 1 is 1.09 bits per heavy atom. The number of halogens is 1. The van der Waals surface area contributed by atoms with Crippen molar-refractivity contribution in [2.24, 2.45) is 0 Å². The van der Waals surface area contributed by atoms with Gasteiger partial charge in [0.25, 0.3) is 11.4 Å². The van der Waals surface area contributed by atoms with E-state index in [1.807, 2.05) is 0 Å². The summed E-state index contributed by atoms with van der Waals surface area (Å²) in [4.78, 5) is 20.9. The molecule has 0 aromatic heterocycles. The number of nitro groups is 2. The number of nitrogens with one attached hydrogen (secondary N) is 1. The zero-order valence-electron chi connectivity index (χ0n) is 11.8. The van der Waals surface area contributed by atoms with Gasteiger partial charge >= 0.3 is 0 Å². The van der Waals surface area contributed by atoms with Gasteiger partial charge in [0, 0.05) is 25.2 Å². The Kier molecular flexibility index (Phi) is 7.32. The molecule has 0 bridgehead atoms. The van der Waals surface area contributed by atoms with Crippen LogP contribution in [-0.2, 0) is 10.0 Å². The van der Waals surface area contributed by atoms with E-state index in [2.05, 4.69) is 4.72 Å². The quantitative estimate of drug-likeness (QED) is 0.564. The van der Waals surface area contributed by atoms with Crippen LogP contribution in [0.1, 0.15) is 0 Å². The summed E-state index contributed by atoms with van der Waals surface area (Å²) < 4.78 is 26.2. The fourth-order valence-corrected chi connectivity index (χ4v) is 2.50. The molecule has 0 saturated heterocycles. The second-order valence-corrected chi connectivity index (χ2v) is 6.17. The highest BCUT2D eigenvalue weighted by molar-refractivity contribution is 7.89. The van der Waals surface area contributed by atoms with E-state index in [0.29, 0.717) is 12.6 Å². The number of rotatable bonds is 7. The normalized spacial score (nSPS) is 11.0. The van der Waals surface area contributed by atoms with Crippen molar-refractivity contribution in [3.8, 4) is 0 Å². The number of nitro benzene ring substituents is 2. The van der Waals surface area contributed by atoms with Gasteiger partial charge in [0.15, 0.2) is 0 Å². The Labute approximate surface area is 132 Å². The van der Waals surface area contributed by atoms with E-state index < -0.39 is 36.1 Å². The van der Waals surface area contributed by atoms with Gasteiger partial charge in [0.2, 0.25) is 10.0 Å². The predicted molar refractivity (Wildman–Crippen MR) is 80.7 cm³/mol. The Morgan fingerprint density at radius 2 is 1.55 bits per heavy atom. The summed E-state index contributed by atoms with van der Waals surface area (Å²) in [5, 5.41) is 21.4. The average Bonchev–Trinajstić information content (AvgIpc) is 2.37. The molecule has 0 aliphatic rings. The van der Waals surface area contributed by atoms with Crippen molar-refractivity contribution < 1.29 is 18.3 Å². The van der Waals surface area contributed by atoms with E-state index in [1.165, 1.54) is 0 Å². The second-order valence-electron chi connectivity index (χ2n) is 4.40. The molecule has 124 valence electrons. The van der Waals surface area contributed by atoms with Crippen molar-refractivity contribution >= 4 is 33.8 Å². The molecule has 0 unspecified atom stereocenters. The molecule has 0 radical (unpaired) electrons. The van der Waals surface area contributed by atoms with Gasteiger partial charge in [-0.3, -0.25) is 20.2 Å². The van der Waals surface area contributed by atoms with Crippen LogP contribution in [0.5, 0.6) is 0 Å². The number of likely N-dealkylation sites (N-methyl/N-ethyl adjacent to an activating group) is 1. The molecule has 0 spiro atoms. The van der Waals surface area contributed by atoms with Gasteiger partial charge in [0.1, 0.15) is 0 Å². The summed E-state index contributed by atoms with van der Waals surface area (Å²) in [6.45, 7) is 0.488. The van der Waals surface area contributed by atoms with Crippen molar-refractivity contribution in [2.75, 3.05) is 27.2 Å². The lowest BCUT2D eigenvalue weighted by Crippen LogP contribution is -2.31. The third-order valence-electron chi connectivity index (χ3n) is 2.46. The predicted octanol–water partition coefficient (Wildman–Crippen LogP) is 0.765. The van der Waals surface area contributed by atoms with Gasteiger partial charge in [0.05, 0.1) is 20.8 Å². The Morgan fingerprint density at radius 3 is 1.91 bits per heavy atom. The minimum atomic E-state index is -4.05. The topological polar surface area (TPSA) is 136 Å². The van der Waals surface area contributed by atoms with Crippen LogP contribution in [0.2, 0.25) is 0 Å². The van der Waals surface area contributed by atoms with Crippen molar-refractivity contribution in [1.82, 2.24) is 9.62 Å². The highest BCUT2D eigenvalue weighted by atomic mass is 35.5. The van der Waals surface area contributed by atoms with Gasteiger partial charge in [-0.1, -0.05) is 0 Å². The molecule has 0 heterocycles. The second kappa shape index (κ2) is 7.98. The maximum atomic E-state index is 12.0. The Balaban J connectivity index is 0.00000441. The lowest BCUT2D eigenvalue weighted by Gasteiger charge is -2.10. The highest BCUT2D eigenvalue weighted by Gasteiger charge is 2.23. The standard InChI is InChI=1S/C10H14N4O6S.ClH/c1-12(2)4-3-11-21(19,20)10-6-8(13(15)16)5-9(7-10)14(17)18;/h5-7,11H,3-4H2,1-2H3;1H. The lowest BCUT2D eigenvalue weighted by atomic mass is 10.3. The van der Waals surface area contributed by atoms with Crippen LogP contribution in [0.15, 0.2) is 23.1 Å². The van der Waals surface area contributed by atoms with E-state index in [1.54, 1.807) is 19.0 Å². The van der Waals surface area contributed by atoms with Crippen LogP contribution in [0.3, 0.4) is 0 Å². The van der Waals surface area contributed by atoms with Crippen LogP contribution in [-0.4, -0.2) is 50.3 Å². The van der Waals surface area contributed by atoms with Gasteiger partial charge in [-0.15, -0.1) is 12.4 Å². The maximum Gasteiger partial charge on any atom is 0.277 e. The monoisotopic (exact) mass is 354 g/mol. The molecule has 0 amide bonds. The molecule has 0 saturated carbocycles. The summed E-state index contributed by atoms with van der Waals surface area (Å²) in [5.41, 5.74) is -1.31.